The molecule has 1 saturated heterocycles. The first-order chi connectivity index (χ1) is 14.1. The lowest BCUT2D eigenvalue weighted by Crippen LogP contribution is -2.39. The summed E-state index contributed by atoms with van der Waals surface area (Å²) in [5.41, 5.74) is 3.39. The van der Waals surface area contributed by atoms with E-state index in [-0.39, 0.29) is 11.8 Å². The Balaban J connectivity index is 1.49. The summed E-state index contributed by atoms with van der Waals surface area (Å²) in [6.07, 6.45) is 5.38. The zero-order chi connectivity index (χ0) is 20.2. The standard InChI is InChI=1S/C22H24N6O/c1-15-11-16(2)25-22(24-15)27-20-13-23-12-19(26-20)18-9-6-10-28(14-18)21(29)17-7-4-3-5-8-17/h3-5,7-8,11-13,18H,6,9-10,14H2,1-2H3,(H,24,25,26,27)/t18-/m0/s1. The van der Waals surface area contributed by atoms with Crippen LogP contribution in [0.25, 0.3) is 0 Å². The number of aromatic nitrogens is 4. The van der Waals surface area contributed by atoms with Crippen LogP contribution in [0, 0.1) is 13.8 Å². The SMILES string of the molecule is Cc1cc(C)nc(Nc2cncc([C@H]3CCCN(C(=O)c4ccccc4)C3)n2)n1. The summed E-state index contributed by atoms with van der Waals surface area (Å²) in [6.45, 7) is 5.28. The lowest BCUT2D eigenvalue weighted by atomic mass is 9.94. The lowest BCUT2D eigenvalue weighted by molar-refractivity contribution is 0.0706. The molecule has 1 aromatic carbocycles. The number of carbonyl (C=O) groups is 1. The molecule has 0 spiro atoms. The fraction of sp³-hybridized carbons (Fsp3) is 0.318. The van der Waals surface area contributed by atoms with Gasteiger partial charge in [-0.3, -0.25) is 9.78 Å². The monoisotopic (exact) mass is 388 g/mol. The molecule has 1 atom stereocenters. The van der Waals surface area contributed by atoms with Gasteiger partial charge in [0.05, 0.1) is 11.9 Å². The van der Waals surface area contributed by atoms with Crippen LogP contribution in [0.1, 0.15) is 46.2 Å². The largest absolute Gasteiger partial charge is 0.338 e. The van der Waals surface area contributed by atoms with E-state index >= 15 is 0 Å². The second-order valence-corrected chi connectivity index (χ2v) is 7.38. The van der Waals surface area contributed by atoms with Crippen LogP contribution >= 0.6 is 0 Å². The van der Waals surface area contributed by atoms with Gasteiger partial charge in [-0.2, -0.15) is 0 Å². The van der Waals surface area contributed by atoms with E-state index in [1.54, 1.807) is 12.4 Å². The summed E-state index contributed by atoms with van der Waals surface area (Å²) in [6, 6.07) is 11.4. The van der Waals surface area contributed by atoms with Gasteiger partial charge in [-0.05, 0) is 44.9 Å². The maximum Gasteiger partial charge on any atom is 0.253 e. The third kappa shape index (κ3) is 4.56. The molecule has 2 aromatic heterocycles. The fourth-order valence-corrected chi connectivity index (χ4v) is 3.70. The Bertz CT molecular complexity index is 987. The number of aryl methyl sites for hydroxylation is 2. The van der Waals surface area contributed by atoms with Crippen LogP contribution in [0.2, 0.25) is 0 Å². The first-order valence-electron chi connectivity index (χ1n) is 9.84. The maximum absolute atomic E-state index is 12.8. The van der Waals surface area contributed by atoms with Gasteiger partial charge in [0.2, 0.25) is 5.95 Å². The minimum atomic E-state index is 0.0705. The molecule has 1 aliphatic heterocycles. The summed E-state index contributed by atoms with van der Waals surface area (Å²) in [5, 5.41) is 3.15. The number of hydrogen-bond acceptors (Lipinski definition) is 6. The van der Waals surface area contributed by atoms with Gasteiger partial charge in [0.1, 0.15) is 0 Å². The Morgan fingerprint density at radius 2 is 1.83 bits per heavy atom. The second kappa shape index (κ2) is 8.34. The van der Waals surface area contributed by atoms with Crippen LogP contribution in [-0.2, 0) is 0 Å². The van der Waals surface area contributed by atoms with Crippen molar-refractivity contribution >= 4 is 17.7 Å². The Hall–Kier alpha value is -3.35. The molecule has 3 heterocycles. The molecule has 1 amide bonds. The van der Waals surface area contributed by atoms with Gasteiger partial charge in [-0.25, -0.2) is 15.0 Å². The van der Waals surface area contributed by atoms with Crippen molar-refractivity contribution in [1.29, 1.82) is 0 Å². The number of benzene rings is 1. The van der Waals surface area contributed by atoms with Gasteiger partial charge in [0, 0.05) is 42.2 Å². The molecule has 7 heteroatoms. The van der Waals surface area contributed by atoms with Crippen molar-refractivity contribution in [3.63, 3.8) is 0 Å². The zero-order valence-electron chi connectivity index (χ0n) is 16.7. The van der Waals surface area contributed by atoms with Gasteiger partial charge < -0.3 is 10.2 Å². The average molecular weight is 388 g/mol. The molecular formula is C22H24N6O. The molecule has 0 aliphatic carbocycles. The molecular weight excluding hydrogens is 364 g/mol. The highest BCUT2D eigenvalue weighted by molar-refractivity contribution is 5.94. The maximum atomic E-state index is 12.8. The molecule has 0 unspecified atom stereocenters. The summed E-state index contributed by atoms with van der Waals surface area (Å²) in [5.74, 6) is 1.35. The molecule has 1 aliphatic rings. The number of nitrogens with one attached hydrogen (secondary N) is 1. The molecule has 1 N–H and O–H groups in total. The molecule has 0 radical (unpaired) electrons. The first kappa shape index (κ1) is 19.0. The predicted molar refractivity (Wildman–Crippen MR) is 111 cm³/mol. The lowest BCUT2D eigenvalue weighted by Gasteiger charge is -2.32. The van der Waals surface area contributed by atoms with Crippen molar-refractivity contribution in [2.45, 2.75) is 32.6 Å². The second-order valence-electron chi connectivity index (χ2n) is 7.38. The normalized spacial score (nSPS) is 16.5. The molecule has 0 bridgehead atoms. The van der Waals surface area contributed by atoms with E-state index in [9.17, 15) is 4.79 Å². The van der Waals surface area contributed by atoms with E-state index in [2.05, 4.69) is 20.3 Å². The Kier molecular flexibility index (Phi) is 5.46. The predicted octanol–water partition coefficient (Wildman–Crippen LogP) is 3.65. The van der Waals surface area contributed by atoms with Gasteiger partial charge in [0.25, 0.3) is 5.91 Å². The summed E-state index contributed by atoms with van der Waals surface area (Å²) >= 11 is 0. The van der Waals surface area contributed by atoms with Crippen molar-refractivity contribution < 1.29 is 4.79 Å². The molecule has 29 heavy (non-hydrogen) atoms. The topological polar surface area (TPSA) is 83.9 Å². The van der Waals surface area contributed by atoms with Gasteiger partial charge in [0.15, 0.2) is 5.82 Å². The Labute approximate surface area is 170 Å². The van der Waals surface area contributed by atoms with E-state index in [4.69, 9.17) is 4.98 Å². The van der Waals surface area contributed by atoms with Crippen LogP contribution in [0.15, 0.2) is 48.8 Å². The molecule has 148 valence electrons. The summed E-state index contributed by atoms with van der Waals surface area (Å²) in [7, 11) is 0. The number of rotatable bonds is 4. The number of likely N-dealkylation sites (tertiary alicyclic amines) is 1. The van der Waals surface area contributed by atoms with Gasteiger partial charge >= 0.3 is 0 Å². The zero-order valence-corrected chi connectivity index (χ0v) is 16.7. The third-order valence-corrected chi connectivity index (χ3v) is 5.02. The highest BCUT2D eigenvalue weighted by Gasteiger charge is 2.26. The number of piperidine rings is 1. The molecule has 4 rings (SSSR count). The van der Waals surface area contributed by atoms with E-state index in [1.807, 2.05) is 55.1 Å². The van der Waals surface area contributed by atoms with Gasteiger partial charge in [-0.1, -0.05) is 18.2 Å². The minimum Gasteiger partial charge on any atom is -0.338 e. The highest BCUT2D eigenvalue weighted by atomic mass is 16.2. The van der Waals surface area contributed by atoms with Crippen molar-refractivity contribution in [3.8, 4) is 0 Å². The smallest absolute Gasteiger partial charge is 0.253 e. The van der Waals surface area contributed by atoms with Crippen LogP contribution < -0.4 is 5.32 Å². The highest BCUT2D eigenvalue weighted by Crippen LogP contribution is 2.27. The van der Waals surface area contributed by atoms with Crippen LogP contribution in [-0.4, -0.2) is 43.8 Å². The number of amides is 1. The summed E-state index contributed by atoms with van der Waals surface area (Å²) < 4.78 is 0. The van der Waals surface area contributed by atoms with Crippen LogP contribution in [0.3, 0.4) is 0 Å². The molecule has 0 saturated carbocycles. The van der Waals surface area contributed by atoms with E-state index in [0.29, 0.717) is 18.3 Å². The third-order valence-electron chi connectivity index (χ3n) is 5.02. The average Bonchev–Trinajstić information content (AvgIpc) is 2.73. The number of carbonyl (C=O) groups excluding carboxylic acids is 1. The number of nitrogens with zero attached hydrogens (tertiary/aromatic N) is 5. The quantitative estimate of drug-likeness (QED) is 0.734. The fourth-order valence-electron chi connectivity index (χ4n) is 3.70. The van der Waals surface area contributed by atoms with Crippen LogP contribution in [0.5, 0.6) is 0 Å². The minimum absolute atomic E-state index is 0.0705. The van der Waals surface area contributed by atoms with E-state index < -0.39 is 0 Å². The van der Waals surface area contributed by atoms with Crippen molar-refractivity contribution in [2.24, 2.45) is 0 Å². The molecule has 1 fully saturated rings. The Morgan fingerprint density at radius 3 is 2.59 bits per heavy atom. The first-order valence-corrected chi connectivity index (χ1v) is 9.84. The molecule has 7 nitrogen and oxygen atoms in total. The van der Waals surface area contributed by atoms with Crippen molar-refractivity contribution in [2.75, 3.05) is 18.4 Å². The van der Waals surface area contributed by atoms with E-state index in [1.165, 1.54) is 0 Å². The number of hydrogen-bond donors (Lipinski definition) is 1. The van der Waals surface area contributed by atoms with E-state index in [0.717, 1.165) is 42.0 Å². The van der Waals surface area contributed by atoms with Crippen molar-refractivity contribution in [1.82, 2.24) is 24.8 Å². The van der Waals surface area contributed by atoms with Crippen molar-refractivity contribution in [3.05, 3.63) is 71.4 Å². The molecule has 3 aromatic rings. The number of anilines is 2. The summed E-state index contributed by atoms with van der Waals surface area (Å²) in [4.78, 5) is 32.6. The van der Waals surface area contributed by atoms with Crippen LogP contribution in [0.4, 0.5) is 11.8 Å². The van der Waals surface area contributed by atoms with Gasteiger partial charge in [-0.15, -0.1) is 0 Å². The Morgan fingerprint density at radius 1 is 1.07 bits per heavy atom.